The first-order chi connectivity index (χ1) is 9.14. The summed E-state index contributed by atoms with van der Waals surface area (Å²) in [5, 5.41) is 0. The Labute approximate surface area is 114 Å². The largest absolute Gasteiger partial charge is 0.361 e. The van der Waals surface area contributed by atoms with E-state index in [0.717, 1.165) is 24.3 Å². The van der Waals surface area contributed by atoms with Crippen molar-refractivity contribution < 1.29 is 30.7 Å². The Morgan fingerprint density at radius 3 is 2.20 bits per heavy atom. The fourth-order valence-corrected chi connectivity index (χ4v) is 3.14. The molecule has 0 amide bonds. The topological polar surface area (TPSA) is 145 Å². The third kappa shape index (κ3) is 2.55. The lowest BCUT2D eigenvalue weighted by molar-refractivity contribution is -0.00609. The van der Waals surface area contributed by atoms with Gasteiger partial charge in [-0.25, -0.2) is 0 Å². The second-order valence-corrected chi connectivity index (χ2v) is 6.79. The van der Waals surface area contributed by atoms with Crippen LogP contribution in [0.5, 0.6) is 0 Å². The van der Waals surface area contributed by atoms with Crippen molar-refractivity contribution in [2.24, 2.45) is 0 Å². The van der Waals surface area contributed by atoms with E-state index in [1.807, 2.05) is 0 Å². The van der Waals surface area contributed by atoms with Gasteiger partial charge in [0.15, 0.2) is 0 Å². The van der Waals surface area contributed by atoms with Gasteiger partial charge in [-0.05, 0) is 12.1 Å². The van der Waals surface area contributed by atoms with E-state index in [9.17, 15) is 16.8 Å². The first-order valence-corrected chi connectivity index (χ1v) is 8.03. The maximum absolute atomic E-state index is 11.2. The normalized spacial score (nSPS) is 15.3. The number of allylic oxidation sites excluding steroid dienone is 1. The number of hydrogen-bond acceptors (Lipinski definition) is 4. The van der Waals surface area contributed by atoms with Crippen LogP contribution in [-0.4, -0.2) is 36.4 Å². The minimum atomic E-state index is -4.51. The molecule has 0 atom stereocenters. The Bertz CT molecular complexity index is 876. The zero-order chi connectivity index (χ0) is 15.1. The standard InChI is InChI=1S/C10H8N2O6S2/c11-12-9-3-4-10(20(16,17)18)7-2-1-6(5-8(7)9)19(13,14)15/h1-2,4-5H,3H2,(H,13,14,15)(H,16,17,18). The summed E-state index contributed by atoms with van der Waals surface area (Å²) in [7, 11) is -9.00. The molecule has 1 aliphatic carbocycles. The van der Waals surface area contributed by atoms with E-state index in [1.54, 1.807) is 0 Å². The van der Waals surface area contributed by atoms with Gasteiger partial charge in [0.1, 0.15) is 0 Å². The van der Waals surface area contributed by atoms with Gasteiger partial charge in [0, 0.05) is 5.56 Å². The zero-order valence-electron chi connectivity index (χ0n) is 9.75. The quantitative estimate of drug-likeness (QED) is 0.464. The van der Waals surface area contributed by atoms with Crippen LogP contribution in [0.25, 0.3) is 10.4 Å². The van der Waals surface area contributed by atoms with E-state index in [1.165, 1.54) is 0 Å². The number of rotatable bonds is 2. The minimum Gasteiger partial charge on any atom is -0.361 e. The van der Waals surface area contributed by atoms with Crippen molar-refractivity contribution in [2.45, 2.75) is 11.3 Å². The second-order valence-electron chi connectivity index (χ2n) is 3.98. The highest BCUT2D eigenvalue weighted by molar-refractivity contribution is 7.95. The van der Waals surface area contributed by atoms with Crippen LogP contribution >= 0.6 is 0 Å². The van der Waals surface area contributed by atoms with Crippen LogP contribution in [-0.2, 0) is 20.2 Å². The van der Waals surface area contributed by atoms with E-state index in [0.29, 0.717) is 0 Å². The zero-order valence-corrected chi connectivity index (χ0v) is 11.4. The Hall–Kier alpha value is -1.84. The third-order valence-corrected chi connectivity index (χ3v) is 4.54. The molecule has 20 heavy (non-hydrogen) atoms. The molecule has 1 aromatic rings. The minimum absolute atomic E-state index is 0.00208. The number of nitrogens with zero attached hydrogens (tertiary/aromatic N) is 2. The van der Waals surface area contributed by atoms with Gasteiger partial charge in [-0.15, -0.1) is 0 Å². The maximum Gasteiger partial charge on any atom is 0.303 e. The molecule has 2 rings (SSSR count). The van der Waals surface area contributed by atoms with Crippen molar-refractivity contribution >= 4 is 30.9 Å². The molecule has 1 aromatic carbocycles. The van der Waals surface area contributed by atoms with Gasteiger partial charge >= 0.3 is 5.71 Å². The van der Waals surface area contributed by atoms with E-state index in [-0.39, 0.29) is 23.3 Å². The molecular weight excluding hydrogens is 308 g/mol. The molecule has 0 spiro atoms. The van der Waals surface area contributed by atoms with E-state index >= 15 is 0 Å². The van der Waals surface area contributed by atoms with Crippen LogP contribution in [0, 0.1) is 0 Å². The number of benzene rings is 1. The Morgan fingerprint density at radius 2 is 1.70 bits per heavy atom. The van der Waals surface area contributed by atoms with Crippen molar-refractivity contribution in [2.75, 3.05) is 0 Å². The lowest BCUT2D eigenvalue weighted by Crippen LogP contribution is -2.15. The summed E-state index contributed by atoms with van der Waals surface area (Å²) in [5.74, 6) is 0. The lowest BCUT2D eigenvalue weighted by atomic mass is 9.95. The highest BCUT2D eigenvalue weighted by Gasteiger charge is 2.30. The monoisotopic (exact) mass is 316 g/mol. The van der Waals surface area contributed by atoms with Gasteiger partial charge in [-0.2, -0.15) is 21.6 Å². The van der Waals surface area contributed by atoms with Gasteiger partial charge in [-0.3, -0.25) is 9.11 Å². The first kappa shape index (κ1) is 14.6. The van der Waals surface area contributed by atoms with Crippen LogP contribution in [0.15, 0.2) is 29.2 Å². The molecule has 0 saturated carbocycles. The fourth-order valence-electron chi connectivity index (χ4n) is 1.89. The molecule has 0 saturated heterocycles. The van der Waals surface area contributed by atoms with Gasteiger partial charge in [0.25, 0.3) is 20.2 Å². The van der Waals surface area contributed by atoms with Gasteiger partial charge in [0.2, 0.25) is 0 Å². The van der Waals surface area contributed by atoms with Crippen LogP contribution < -0.4 is 0 Å². The molecule has 0 heterocycles. The summed E-state index contributed by atoms with van der Waals surface area (Å²) in [4.78, 5) is 2.05. The summed E-state index contributed by atoms with van der Waals surface area (Å²) in [6, 6.07) is 3.05. The molecule has 0 radical (unpaired) electrons. The first-order valence-electron chi connectivity index (χ1n) is 5.15. The average Bonchev–Trinajstić information content (AvgIpc) is 2.34. The van der Waals surface area contributed by atoms with Crippen LogP contribution in [0.4, 0.5) is 0 Å². The van der Waals surface area contributed by atoms with Crippen molar-refractivity contribution in [3.63, 3.8) is 0 Å². The summed E-state index contributed by atoms with van der Waals surface area (Å²) >= 11 is 0. The molecule has 8 nitrogen and oxygen atoms in total. The van der Waals surface area contributed by atoms with Gasteiger partial charge in [-0.1, -0.05) is 12.1 Å². The van der Waals surface area contributed by atoms with Crippen molar-refractivity contribution in [1.82, 2.24) is 0 Å². The highest BCUT2D eigenvalue weighted by Crippen LogP contribution is 2.31. The molecular formula is C10H8N2O6S2. The van der Waals surface area contributed by atoms with Crippen LogP contribution in [0.2, 0.25) is 0 Å². The number of hydrogen-bond donors (Lipinski definition) is 2. The molecule has 10 heteroatoms. The predicted octanol–water partition coefficient (Wildman–Crippen LogP) is 0.585. The van der Waals surface area contributed by atoms with E-state index < -0.39 is 30.0 Å². The Kier molecular flexibility index (Phi) is 3.36. The molecule has 106 valence electrons. The van der Waals surface area contributed by atoms with E-state index in [4.69, 9.17) is 14.6 Å². The van der Waals surface area contributed by atoms with Crippen molar-refractivity contribution in [3.8, 4) is 0 Å². The van der Waals surface area contributed by atoms with E-state index in [2.05, 4.69) is 4.79 Å². The molecule has 0 aliphatic heterocycles. The SMILES string of the molecule is [N-]=[N+]=C1CC=C(S(=O)(=O)O)c2ccc(S(=O)(=O)O)cc21. The van der Waals surface area contributed by atoms with Crippen molar-refractivity contribution in [1.29, 1.82) is 0 Å². The summed E-state index contributed by atoms with van der Waals surface area (Å²) < 4.78 is 62.7. The molecule has 0 aromatic heterocycles. The molecule has 0 unspecified atom stereocenters. The molecule has 1 aliphatic rings. The number of fused-ring (bicyclic) bond motifs is 1. The summed E-state index contributed by atoms with van der Waals surface area (Å²) in [6.07, 6.45) is 1.02. The summed E-state index contributed by atoms with van der Waals surface area (Å²) in [6.45, 7) is 0. The summed E-state index contributed by atoms with van der Waals surface area (Å²) in [5.41, 5.74) is 8.85. The predicted molar refractivity (Wildman–Crippen MR) is 68.1 cm³/mol. The molecule has 2 N–H and O–H groups in total. The molecule has 0 fully saturated rings. The molecule has 0 bridgehead atoms. The third-order valence-electron chi connectivity index (χ3n) is 2.74. The van der Waals surface area contributed by atoms with Gasteiger partial charge < -0.3 is 5.53 Å². The van der Waals surface area contributed by atoms with Crippen LogP contribution in [0.3, 0.4) is 0 Å². The second kappa shape index (κ2) is 4.62. The Balaban J connectivity index is 2.80. The fraction of sp³-hybridized carbons (Fsp3) is 0.100. The lowest BCUT2D eigenvalue weighted by Gasteiger charge is -2.13. The smallest absolute Gasteiger partial charge is 0.303 e. The highest BCUT2D eigenvalue weighted by atomic mass is 32.2. The Morgan fingerprint density at radius 1 is 1.05 bits per heavy atom. The van der Waals surface area contributed by atoms with Crippen molar-refractivity contribution in [3.05, 3.63) is 40.9 Å². The van der Waals surface area contributed by atoms with Gasteiger partial charge in [0.05, 0.1) is 21.8 Å². The maximum atomic E-state index is 11.2. The average molecular weight is 316 g/mol. The van der Waals surface area contributed by atoms with Crippen LogP contribution in [0.1, 0.15) is 17.5 Å².